The molecule has 0 amide bonds. The SMILES string of the molecule is Cc1ncoc1CI. The van der Waals surface area contributed by atoms with E-state index in [1.807, 2.05) is 6.92 Å². The normalized spacial score (nSPS) is 9.75. The number of aromatic nitrogens is 1. The fourth-order valence-electron chi connectivity index (χ4n) is 0.454. The van der Waals surface area contributed by atoms with E-state index in [0.717, 1.165) is 15.9 Å². The topological polar surface area (TPSA) is 26.0 Å². The summed E-state index contributed by atoms with van der Waals surface area (Å²) in [4.78, 5) is 3.92. The molecule has 0 radical (unpaired) electrons. The summed E-state index contributed by atoms with van der Waals surface area (Å²) in [5, 5.41) is 0. The second-order valence-corrected chi connectivity index (χ2v) is 2.26. The minimum absolute atomic E-state index is 0.906. The molecule has 0 N–H and O–H groups in total. The van der Waals surface area contributed by atoms with Crippen LogP contribution in [0.2, 0.25) is 0 Å². The molecule has 3 heteroatoms. The summed E-state index contributed by atoms with van der Waals surface area (Å²) in [6.45, 7) is 1.94. The Morgan fingerprint density at radius 2 is 2.62 bits per heavy atom. The van der Waals surface area contributed by atoms with E-state index in [0.29, 0.717) is 0 Å². The second-order valence-electron chi connectivity index (χ2n) is 1.49. The Kier molecular flexibility index (Phi) is 1.88. The lowest BCUT2D eigenvalue weighted by Crippen LogP contribution is -1.75. The predicted octanol–water partition coefficient (Wildman–Crippen LogP) is 1.92. The van der Waals surface area contributed by atoms with E-state index in [2.05, 4.69) is 27.6 Å². The smallest absolute Gasteiger partial charge is 0.181 e. The van der Waals surface area contributed by atoms with Crippen molar-refractivity contribution in [2.24, 2.45) is 0 Å². The number of rotatable bonds is 1. The third-order valence-corrected chi connectivity index (χ3v) is 1.66. The quantitative estimate of drug-likeness (QED) is 0.536. The molecule has 0 bridgehead atoms. The van der Waals surface area contributed by atoms with Gasteiger partial charge in [0.15, 0.2) is 6.39 Å². The Bertz CT molecular complexity index is 173. The monoisotopic (exact) mass is 223 g/mol. The van der Waals surface area contributed by atoms with Crippen molar-refractivity contribution in [3.05, 3.63) is 17.8 Å². The third-order valence-electron chi connectivity index (χ3n) is 0.966. The van der Waals surface area contributed by atoms with Gasteiger partial charge in [-0.05, 0) is 6.92 Å². The molecule has 1 rings (SSSR count). The van der Waals surface area contributed by atoms with Crippen molar-refractivity contribution in [1.82, 2.24) is 4.98 Å². The Balaban J connectivity index is 2.92. The average molecular weight is 223 g/mol. The number of halogens is 1. The Morgan fingerprint density at radius 3 is 2.88 bits per heavy atom. The fraction of sp³-hybridized carbons (Fsp3) is 0.400. The molecule has 0 aliphatic carbocycles. The number of nitrogens with zero attached hydrogens (tertiary/aromatic N) is 1. The zero-order valence-electron chi connectivity index (χ0n) is 4.52. The largest absolute Gasteiger partial charge is 0.447 e. The van der Waals surface area contributed by atoms with Gasteiger partial charge in [-0.25, -0.2) is 4.98 Å². The van der Waals surface area contributed by atoms with E-state index >= 15 is 0 Å². The molecule has 0 spiro atoms. The van der Waals surface area contributed by atoms with Crippen LogP contribution in [0.15, 0.2) is 10.8 Å². The molecular formula is C5H6INO. The van der Waals surface area contributed by atoms with Crippen LogP contribution in [0, 0.1) is 6.92 Å². The molecule has 1 heterocycles. The Labute approximate surface area is 61.4 Å². The molecule has 0 unspecified atom stereocenters. The number of hydrogen-bond acceptors (Lipinski definition) is 2. The molecule has 0 saturated heterocycles. The number of hydrogen-bond donors (Lipinski definition) is 0. The summed E-state index contributed by atoms with van der Waals surface area (Å²) >= 11 is 2.24. The van der Waals surface area contributed by atoms with E-state index in [1.165, 1.54) is 6.39 Å². The summed E-state index contributed by atoms with van der Waals surface area (Å²) in [5.74, 6) is 0.977. The first-order valence-corrected chi connectivity index (χ1v) is 3.82. The van der Waals surface area contributed by atoms with Crippen molar-refractivity contribution in [3.63, 3.8) is 0 Å². The van der Waals surface area contributed by atoms with Gasteiger partial charge in [-0.3, -0.25) is 0 Å². The van der Waals surface area contributed by atoms with Crippen LogP contribution < -0.4 is 0 Å². The molecule has 1 aromatic heterocycles. The van der Waals surface area contributed by atoms with Crippen LogP contribution in [0.3, 0.4) is 0 Å². The van der Waals surface area contributed by atoms with Gasteiger partial charge in [0.2, 0.25) is 0 Å². The van der Waals surface area contributed by atoms with Crippen molar-refractivity contribution in [3.8, 4) is 0 Å². The maximum atomic E-state index is 4.99. The zero-order valence-corrected chi connectivity index (χ0v) is 6.68. The van der Waals surface area contributed by atoms with Crippen LogP contribution in [0.1, 0.15) is 11.5 Å². The Hall–Kier alpha value is -0.0600. The van der Waals surface area contributed by atoms with Crippen molar-refractivity contribution < 1.29 is 4.42 Å². The van der Waals surface area contributed by atoms with Gasteiger partial charge in [0, 0.05) is 0 Å². The highest BCUT2D eigenvalue weighted by Crippen LogP contribution is 2.08. The average Bonchev–Trinajstić information content (AvgIpc) is 2.14. The van der Waals surface area contributed by atoms with Crippen molar-refractivity contribution in [2.75, 3.05) is 0 Å². The minimum atomic E-state index is 0.906. The van der Waals surface area contributed by atoms with E-state index in [1.54, 1.807) is 0 Å². The van der Waals surface area contributed by atoms with Crippen LogP contribution in [-0.2, 0) is 4.43 Å². The molecule has 1 aromatic rings. The molecule has 0 aromatic carbocycles. The van der Waals surface area contributed by atoms with Gasteiger partial charge in [-0.15, -0.1) is 0 Å². The van der Waals surface area contributed by atoms with Crippen LogP contribution in [0.5, 0.6) is 0 Å². The number of alkyl halides is 1. The third kappa shape index (κ3) is 1.02. The summed E-state index contributed by atoms with van der Waals surface area (Å²) in [6.07, 6.45) is 1.48. The number of aryl methyl sites for hydroxylation is 1. The molecule has 44 valence electrons. The summed E-state index contributed by atoms with van der Waals surface area (Å²) in [5.41, 5.74) is 0.999. The second kappa shape index (κ2) is 2.48. The minimum Gasteiger partial charge on any atom is -0.447 e. The summed E-state index contributed by atoms with van der Waals surface area (Å²) in [7, 11) is 0. The van der Waals surface area contributed by atoms with Crippen molar-refractivity contribution >= 4 is 22.6 Å². The van der Waals surface area contributed by atoms with Crippen molar-refractivity contribution in [2.45, 2.75) is 11.4 Å². The van der Waals surface area contributed by atoms with Crippen molar-refractivity contribution in [1.29, 1.82) is 0 Å². The lowest BCUT2D eigenvalue weighted by molar-refractivity contribution is 0.524. The summed E-state index contributed by atoms with van der Waals surface area (Å²) < 4.78 is 5.90. The Morgan fingerprint density at radius 1 is 1.88 bits per heavy atom. The lowest BCUT2D eigenvalue weighted by Gasteiger charge is -1.83. The first-order chi connectivity index (χ1) is 3.84. The lowest BCUT2D eigenvalue weighted by atomic mass is 10.4. The molecule has 2 nitrogen and oxygen atoms in total. The van der Waals surface area contributed by atoms with Gasteiger partial charge >= 0.3 is 0 Å². The first kappa shape index (κ1) is 6.07. The van der Waals surface area contributed by atoms with Crippen LogP contribution in [0.25, 0.3) is 0 Å². The van der Waals surface area contributed by atoms with Gasteiger partial charge in [-0.1, -0.05) is 22.6 Å². The molecule has 8 heavy (non-hydrogen) atoms. The summed E-state index contributed by atoms with van der Waals surface area (Å²) in [6, 6.07) is 0. The maximum Gasteiger partial charge on any atom is 0.181 e. The highest BCUT2D eigenvalue weighted by atomic mass is 127. The fourth-order valence-corrected chi connectivity index (χ4v) is 1.19. The molecule has 0 aliphatic heterocycles. The van der Waals surface area contributed by atoms with Crippen LogP contribution >= 0.6 is 22.6 Å². The van der Waals surface area contributed by atoms with Gasteiger partial charge in [0.1, 0.15) is 5.76 Å². The first-order valence-electron chi connectivity index (χ1n) is 2.29. The van der Waals surface area contributed by atoms with Gasteiger partial charge in [0.05, 0.1) is 10.1 Å². The van der Waals surface area contributed by atoms with Crippen LogP contribution in [0.4, 0.5) is 0 Å². The van der Waals surface area contributed by atoms with E-state index in [4.69, 9.17) is 4.42 Å². The number of oxazole rings is 1. The van der Waals surface area contributed by atoms with E-state index < -0.39 is 0 Å². The molecule has 0 fully saturated rings. The highest BCUT2D eigenvalue weighted by molar-refractivity contribution is 14.1. The molecular weight excluding hydrogens is 217 g/mol. The zero-order chi connectivity index (χ0) is 5.98. The highest BCUT2D eigenvalue weighted by Gasteiger charge is 1.97. The maximum absolute atomic E-state index is 4.99. The van der Waals surface area contributed by atoms with Gasteiger partial charge in [0.25, 0.3) is 0 Å². The standard InChI is InChI=1S/C5H6INO/c1-4-5(2-6)8-3-7-4/h3H,2H2,1H3. The van der Waals surface area contributed by atoms with E-state index in [-0.39, 0.29) is 0 Å². The van der Waals surface area contributed by atoms with Gasteiger partial charge in [-0.2, -0.15) is 0 Å². The van der Waals surface area contributed by atoms with Crippen LogP contribution in [-0.4, -0.2) is 4.98 Å². The molecule has 0 saturated carbocycles. The molecule has 0 atom stereocenters. The van der Waals surface area contributed by atoms with Gasteiger partial charge < -0.3 is 4.42 Å². The molecule has 0 aliphatic rings. The predicted molar refractivity (Wildman–Crippen MR) is 39.0 cm³/mol. The van der Waals surface area contributed by atoms with E-state index in [9.17, 15) is 0 Å².